The lowest BCUT2D eigenvalue weighted by Gasteiger charge is -2.11. The van der Waals surface area contributed by atoms with Gasteiger partial charge in [0.25, 0.3) is 0 Å². The Kier molecular flexibility index (Phi) is 5.63. The van der Waals surface area contributed by atoms with Gasteiger partial charge >= 0.3 is 0 Å². The van der Waals surface area contributed by atoms with Gasteiger partial charge in [-0.3, -0.25) is 0 Å². The summed E-state index contributed by atoms with van der Waals surface area (Å²) in [5.41, 5.74) is 3.36. The van der Waals surface area contributed by atoms with Gasteiger partial charge in [-0.25, -0.2) is 4.98 Å². The van der Waals surface area contributed by atoms with Crippen molar-refractivity contribution >= 4 is 11.8 Å². The molecular weight excluding hydrogens is 394 g/mol. The number of benzene rings is 2. The molecule has 30 heavy (non-hydrogen) atoms. The lowest BCUT2D eigenvalue weighted by molar-refractivity contribution is 0.364. The number of hydrogen-bond donors (Lipinski definition) is 0. The maximum Gasteiger partial charge on any atom is 0.239 e. The predicted octanol–water partition coefficient (Wildman–Crippen LogP) is 5.74. The van der Waals surface area contributed by atoms with E-state index in [2.05, 4.69) is 41.1 Å². The van der Waals surface area contributed by atoms with Crippen LogP contribution in [-0.2, 0) is 5.41 Å². The smallest absolute Gasteiger partial charge is 0.239 e. The maximum absolute atomic E-state index is 5.48. The molecule has 2 aromatic heterocycles. The summed E-state index contributed by atoms with van der Waals surface area (Å²) in [5.74, 6) is 1.25. The largest absolute Gasteiger partial charge is 0.338 e. The summed E-state index contributed by atoms with van der Waals surface area (Å²) in [4.78, 5) is 9.39. The van der Waals surface area contributed by atoms with E-state index in [0.717, 1.165) is 22.5 Å². The highest BCUT2D eigenvalue weighted by atomic mass is 32.2. The van der Waals surface area contributed by atoms with Gasteiger partial charge in [0.15, 0.2) is 5.82 Å². The molecule has 0 N–H and O–H groups in total. The number of rotatable bonds is 5. The van der Waals surface area contributed by atoms with Gasteiger partial charge in [-0.1, -0.05) is 98.4 Å². The minimum atomic E-state index is -0.165. The number of nitrogens with zero attached hydrogens (tertiary/aromatic N) is 5. The van der Waals surface area contributed by atoms with Crippen LogP contribution in [0.3, 0.4) is 0 Å². The minimum absolute atomic E-state index is 0.0957. The molecule has 0 aliphatic carbocycles. The summed E-state index contributed by atoms with van der Waals surface area (Å²) in [7, 11) is 0. The lowest BCUT2D eigenvalue weighted by atomic mass is 9.96. The first-order valence-electron chi connectivity index (χ1n) is 9.78. The normalized spacial score (nSPS) is 12.7. The molecule has 1 unspecified atom stereocenters. The Balaban J connectivity index is 1.67. The van der Waals surface area contributed by atoms with Crippen LogP contribution in [0.4, 0.5) is 0 Å². The molecule has 4 aromatic rings. The van der Waals surface area contributed by atoms with Crippen molar-refractivity contribution in [2.45, 2.75) is 43.5 Å². The van der Waals surface area contributed by atoms with E-state index in [9.17, 15) is 0 Å². The quantitative estimate of drug-likeness (QED) is 0.383. The molecule has 7 heteroatoms. The molecule has 1 atom stereocenters. The van der Waals surface area contributed by atoms with Crippen LogP contribution in [0.5, 0.6) is 0 Å². The molecule has 4 rings (SSSR count). The molecule has 0 saturated heterocycles. The van der Waals surface area contributed by atoms with Crippen molar-refractivity contribution in [3.8, 4) is 22.5 Å². The predicted molar refractivity (Wildman–Crippen MR) is 118 cm³/mol. The second-order valence-corrected chi connectivity index (χ2v) is 9.30. The Bertz CT molecular complexity index is 1120. The van der Waals surface area contributed by atoms with Crippen molar-refractivity contribution < 1.29 is 4.52 Å². The topological polar surface area (TPSA) is 77.6 Å². The molecular formula is C23H23N5OS. The molecule has 0 amide bonds. The monoisotopic (exact) mass is 417 g/mol. The highest BCUT2D eigenvalue weighted by Gasteiger charge is 2.24. The van der Waals surface area contributed by atoms with Crippen LogP contribution in [0.25, 0.3) is 22.5 Å². The van der Waals surface area contributed by atoms with E-state index in [-0.39, 0.29) is 10.7 Å². The molecule has 6 nitrogen and oxygen atoms in total. The second kappa shape index (κ2) is 8.36. The van der Waals surface area contributed by atoms with Crippen LogP contribution in [-0.4, -0.2) is 25.3 Å². The third-order valence-electron chi connectivity index (χ3n) is 4.50. The van der Waals surface area contributed by atoms with E-state index in [1.165, 1.54) is 11.8 Å². The van der Waals surface area contributed by atoms with Gasteiger partial charge in [0, 0.05) is 16.5 Å². The summed E-state index contributed by atoms with van der Waals surface area (Å²) in [6.45, 7) is 8.17. The first-order chi connectivity index (χ1) is 14.4. The molecule has 2 aromatic carbocycles. The Hall–Kier alpha value is -3.06. The SMILES string of the molecule is CC(Sc1nnc(-c2ccccc2)c(-c2ccccc2)n1)c1nc(C(C)(C)C)no1. The highest BCUT2D eigenvalue weighted by Crippen LogP contribution is 2.35. The molecule has 0 bridgehead atoms. The van der Waals surface area contributed by atoms with Gasteiger partial charge in [-0.15, -0.1) is 10.2 Å². The average Bonchev–Trinajstić information content (AvgIpc) is 3.26. The van der Waals surface area contributed by atoms with Crippen LogP contribution in [0.15, 0.2) is 70.3 Å². The number of hydrogen-bond acceptors (Lipinski definition) is 7. The molecule has 0 aliphatic rings. The fourth-order valence-corrected chi connectivity index (χ4v) is 3.61. The number of aromatic nitrogens is 5. The minimum Gasteiger partial charge on any atom is -0.338 e. The Morgan fingerprint density at radius 2 is 1.40 bits per heavy atom. The van der Waals surface area contributed by atoms with Gasteiger partial charge in [0.2, 0.25) is 11.0 Å². The van der Waals surface area contributed by atoms with E-state index in [1.54, 1.807) is 0 Å². The summed E-state index contributed by atoms with van der Waals surface area (Å²) >= 11 is 1.45. The molecule has 0 fully saturated rings. The molecule has 0 spiro atoms. The van der Waals surface area contributed by atoms with Gasteiger partial charge in [-0.05, 0) is 6.92 Å². The second-order valence-electron chi connectivity index (χ2n) is 7.99. The van der Waals surface area contributed by atoms with Crippen LogP contribution in [0, 0.1) is 0 Å². The Labute approximate surface area is 180 Å². The molecule has 0 saturated carbocycles. The molecule has 0 radical (unpaired) electrons. The molecule has 152 valence electrons. The van der Waals surface area contributed by atoms with Crippen LogP contribution in [0.1, 0.15) is 44.7 Å². The van der Waals surface area contributed by atoms with Gasteiger partial charge in [0.1, 0.15) is 11.4 Å². The van der Waals surface area contributed by atoms with Crippen LogP contribution < -0.4 is 0 Å². The average molecular weight is 418 g/mol. The standard InChI is InChI=1S/C23H23N5OS/c1-15(20-25-21(28-29-20)23(2,3)4)30-22-24-18(16-11-7-5-8-12-16)19(26-27-22)17-13-9-6-10-14-17/h5-15H,1-4H3. The lowest BCUT2D eigenvalue weighted by Crippen LogP contribution is -2.13. The summed E-state index contributed by atoms with van der Waals surface area (Å²) in [6.07, 6.45) is 0. The van der Waals surface area contributed by atoms with Crippen molar-refractivity contribution in [3.63, 3.8) is 0 Å². The van der Waals surface area contributed by atoms with Gasteiger partial charge in [-0.2, -0.15) is 4.98 Å². The van der Waals surface area contributed by atoms with E-state index in [4.69, 9.17) is 9.51 Å². The zero-order valence-electron chi connectivity index (χ0n) is 17.4. The molecule has 2 heterocycles. The third-order valence-corrected chi connectivity index (χ3v) is 5.44. The van der Waals surface area contributed by atoms with Crippen molar-refractivity contribution in [2.24, 2.45) is 0 Å². The number of thioether (sulfide) groups is 1. The van der Waals surface area contributed by atoms with Crippen LogP contribution in [0.2, 0.25) is 0 Å². The van der Waals surface area contributed by atoms with Gasteiger partial charge in [0.05, 0.1) is 5.25 Å². The van der Waals surface area contributed by atoms with Crippen molar-refractivity contribution in [2.75, 3.05) is 0 Å². The Morgan fingerprint density at radius 3 is 1.97 bits per heavy atom. The van der Waals surface area contributed by atoms with Crippen molar-refractivity contribution in [1.29, 1.82) is 0 Å². The van der Waals surface area contributed by atoms with E-state index < -0.39 is 0 Å². The third kappa shape index (κ3) is 4.41. The summed E-state index contributed by atoms with van der Waals surface area (Å²) in [5, 5.41) is 13.5. The van der Waals surface area contributed by atoms with E-state index >= 15 is 0 Å². The van der Waals surface area contributed by atoms with E-state index in [1.807, 2.05) is 67.6 Å². The first kappa shape index (κ1) is 20.2. The van der Waals surface area contributed by atoms with Crippen molar-refractivity contribution in [3.05, 3.63) is 72.4 Å². The summed E-state index contributed by atoms with van der Waals surface area (Å²) in [6, 6.07) is 20.0. The van der Waals surface area contributed by atoms with E-state index in [0.29, 0.717) is 16.9 Å². The van der Waals surface area contributed by atoms with Gasteiger partial charge < -0.3 is 4.52 Å². The van der Waals surface area contributed by atoms with Crippen molar-refractivity contribution in [1.82, 2.24) is 25.3 Å². The summed E-state index contributed by atoms with van der Waals surface area (Å²) < 4.78 is 5.48. The first-order valence-corrected chi connectivity index (χ1v) is 10.7. The van der Waals surface area contributed by atoms with Crippen LogP contribution >= 0.6 is 11.8 Å². The zero-order valence-corrected chi connectivity index (χ0v) is 18.2. The maximum atomic E-state index is 5.48. The Morgan fingerprint density at radius 1 is 0.800 bits per heavy atom. The fourth-order valence-electron chi connectivity index (χ4n) is 2.86. The fraction of sp³-hybridized carbons (Fsp3) is 0.261. The zero-order chi connectivity index (χ0) is 21.1. The highest BCUT2D eigenvalue weighted by molar-refractivity contribution is 7.99. The molecule has 0 aliphatic heterocycles.